The highest BCUT2D eigenvalue weighted by Crippen LogP contribution is 2.24. The first-order chi connectivity index (χ1) is 11.2. The van der Waals surface area contributed by atoms with Crippen LogP contribution in [0.1, 0.15) is 19.7 Å². The maximum absolute atomic E-state index is 12.4. The van der Waals surface area contributed by atoms with E-state index in [1.54, 1.807) is 6.20 Å². The molecule has 3 aromatic rings. The van der Waals surface area contributed by atoms with Gasteiger partial charge in [0.25, 0.3) is 0 Å². The van der Waals surface area contributed by atoms with Crippen LogP contribution in [0, 0.1) is 0 Å². The van der Waals surface area contributed by atoms with Gasteiger partial charge in [0, 0.05) is 18.0 Å². The Labute approximate surface area is 138 Å². The molecule has 6 nitrogen and oxygen atoms in total. The van der Waals surface area contributed by atoms with Crippen LogP contribution >= 0.6 is 11.8 Å². The molecular formula is C16H17N5OS. The number of fused-ring (bicyclic) bond motifs is 1. The average Bonchev–Trinajstić information content (AvgIpc) is 3.02. The van der Waals surface area contributed by atoms with Gasteiger partial charge in [0.2, 0.25) is 11.1 Å². The number of nitrogens with zero attached hydrogens (tertiary/aromatic N) is 3. The first-order valence-electron chi connectivity index (χ1n) is 7.40. The van der Waals surface area contributed by atoms with E-state index in [2.05, 4.69) is 25.5 Å². The molecule has 0 spiro atoms. The number of H-pyrrole nitrogens is 1. The van der Waals surface area contributed by atoms with Crippen LogP contribution in [0.2, 0.25) is 0 Å². The second kappa shape index (κ2) is 6.78. The number of nitrogens with one attached hydrogen (secondary N) is 2. The van der Waals surface area contributed by atoms with Crippen LogP contribution in [0.5, 0.6) is 0 Å². The minimum Gasteiger partial charge on any atom is -0.324 e. The van der Waals surface area contributed by atoms with E-state index in [0.717, 1.165) is 28.8 Å². The van der Waals surface area contributed by atoms with E-state index in [9.17, 15) is 4.79 Å². The molecule has 0 aliphatic heterocycles. The van der Waals surface area contributed by atoms with Gasteiger partial charge in [0.15, 0.2) is 0 Å². The lowest BCUT2D eigenvalue weighted by Crippen LogP contribution is -2.22. The predicted octanol–water partition coefficient (Wildman–Crippen LogP) is 3.03. The van der Waals surface area contributed by atoms with Crippen molar-refractivity contribution in [2.45, 2.75) is 30.7 Å². The molecule has 1 unspecified atom stereocenters. The van der Waals surface area contributed by atoms with Crippen molar-refractivity contribution in [3.8, 4) is 0 Å². The summed E-state index contributed by atoms with van der Waals surface area (Å²) >= 11 is 1.33. The van der Waals surface area contributed by atoms with Crippen molar-refractivity contribution < 1.29 is 4.79 Å². The Morgan fingerprint density at radius 3 is 3.00 bits per heavy atom. The smallest absolute Gasteiger partial charge is 0.237 e. The number of aromatic amines is 1. The quantitative estimate of drug-likeness (QED) is 0.704. The highest BCUT2D eigenvalue weighted by Gasteiger charge is 2.18. The van der Waals surface area contributed by atoms with E-state index in [1.165, 1.54) is 11.8 Å². The van der Waals surface area contributed by atoms with Gasteiger partial charge in [-0.1, -0.05) is 24.8 Å². The zero-order valence-electron chi connectivity index (χ0n) is 12.9. The van der Waals surface area contributed by atoms with Crippen molar-refractivity contribution in [3.05, 3.63) is 42.4 Å². The lowest BCUT2D eigenvalue weighted by molar-refractivity contribution is -0.115. The predicted molar refractivity (Wildman–Crippen MR) is 91.5 cm³/mol. The molecular weight excluding hydrogens is 310 g/mol. The Bertz CT molecular complexity index is 827. The average molecular weight is 327 g/mol. The maximum Gasteiger partial charge on any atom is 0.237 e. The van der Waals surface area contributed by atoms with E-state index >= 15 is 0 Å². The van der Waals surface area contributed by atoms with Crippen LogP contribution in [0.25, 0.3) is 10.9 Å². The number of amides is 1. The van der Waals surface area contributed by atoms with Crippen molar-refractivity contribution in [3.63, 3.8) is 0 Å². The maximum atomic E-state index is 12.4. The molecule has 1 aromatic carbocycles. The number of pyridine rings is 1. The standard InChI is InChI=1S/C16H17N5OS/c1-3-14-19-16(21-20-14)23-10(2)15(22)18-13-8-4-7-12-11(13)6-5-9-17-12/h4-10H,3H2,1-2H3,(H,18,22)(H,19,20,21). The summed E-state index contributed by atoms with van der Waals surface area (Å²) in [6.07, 6.45) is 2.53. The van der Waals surface area contributed by atoms with Crippen LogP contribution in [-0.4, -0.2) is 31.3 Å². The molecule has 0 saturated heterocycles. The summed E-state index contributed by atoms with van der Waals surface area (Å²) in [7, 11) is 0. The Kier molecular flexibility index (Phi) is 4.57. The monoisotopic (exact) mass is 327 g/mol. The highest BCUT2D eigenvalue weighted by atomic mass is 32.2. The van der Waals surface area contributed by atoms with E-state index in [-0.39, 0.29) is 11.2 Å². The third kappa shape index (κ3) is 3.50. The van der Waals surface area contributed by atoms with Crippen molar-refractivity contribution in [2.75, 3.05) is 5.32 Å². The second-order valence-electron chi connectivity index (χ2n) is 5.04. The number of hydrogen-bond donors (Lipinski definition) is 2. The molecule has 2 N–H and O–H groups in total. The van der Waals surface area contributed by atoms with Gasteiger partial charge in [-0.25, -0.2) is 4.98 Å². The molecule has 2 aromatic heterocycles. The summed E-state index contributed by atoms with van der Waals surface area (Å²) in [5.41, 5.74) is 1.62. The lowest BCUT2D eigenvalue weighted by atomic mass is 10.2. The fourth-order valence-electron chi connectivity index (χ4n) is 2.15. The van der Waals surface area contributed by atoms with Crippen LogP contribution in [0.3, 0.4) is 0 Å². The Morgan fingerprint density at radius 1 is 1.35 bits per heavy atom. The normalized spacial score (nSPS) is 12.3. The van der Waals surface area contributed by atoms with Gasteiger partial charge in [-0.05, 0) is 31.2 Å². The summed E-state index contributed by atoms with van der Waals surface area (Å²) in [5, 5.41) is 11.1. The summed E-state index contributed by atoms with van der Waals surface area (Å²) in [6.45, 7) is 3.84. The topological polar surface area (TPSA) is 83.6 Å². The first kappa shape index (κ1) is 15.5. The third-order valence-corrected chi connectivity index (χ3v) is 4.36. The molecule has 0 saturated carbocycles. The van der Waals surface area contributed by atoms with Crippen molar-refractivity contribution in [1.29, 1.82) is 0 Å². The van der Waals surface area contributed by atoms with E-state index in [0.29, 0.717) is 5.16 Å². The molecule has 2 heterocycles. The summed E-state index contributed by atoms with van der Waals surface area (Å²) in [5.74, 6) is 0.731. The number of thioether (sulfide) groups is 1. The number of anilines is 1. The molecule has 23 heavy (non-hydrogen) atoms. The Morgan fingerprint density at radius 2 is 2.22 bits per heavy atom. The van der Waals surface area contributed by atoms with Gasteiger partial charge < -0.3 is 5.32 Å². The first-order valence-corrected chi connectivity index (χ1v) is 8.28. The molecule has 0 aliphatic carbocycles. The van der Waals surface area contributed by atoms with Gasteiger partial charge >= 0.3 is 0 Å². The van der Waals surface area contributed by atoms with Crippen LogP contribution in [-0.2, 0) is 11.2 Å². The van der Waals surface area contributed by atoms with E-state index in [4.69, 9.17) is 0 Å². The summed E-state index contributed by atoms with van der Waals surface area (Å²) in [4.78, 5) is 21.0. The molecule has 118 valence electrons. The number of carbonyl (C=O) groups is 1. The molecule has 7 heteroatoms. The molecule has 0 aliphatic rings. The van der Waals surface area contributed by atoms with Gasteiger partial charge in [-0.3, -0.25) is 14.9 Å². The molecule has 1 amide bonds. The SMILES string of the molecule is CCc1nc(SC(C)C(=O)Nc2cccc3ncccc23)n[nH]1. The number of benzene rings is 1. The van der Waals surface area contributed by atoms with Crippen molar-refractivity contribution in [2.24, 2.45) is 0 Å². The zero-order valence-corrected chi connectivity index (χ0v) is 13.7. The van der Waals surface area contributed by atoms with Gasteiger partial charge in [-0.15, -0.1) is 5.10 Å². The third-order valence-electron chi connectivity index (χ3n) is 3.40. The summed E-state index contributed by atoms with van der Waals surface area (Å²) < 4.78 is 0. The minimum atomic E-state index is -0.303. The number of rotatable bonds is 5. The van der Waals surface area contributed by atoms with Crippen LogP contribution in [0.15, 0.2) is 41.7 Å². The molecule has 1 atom stereocenters. The number of carbonyl (C=O) groups excluding carboxylic acids is 1. The van der Waals surface area contributed by atoms with Gasteiger partial charge in [-0.2, -0.15) is 0 Å². The molecule has 0 fully saturated rings. The highest BCUT2D eigenvalue weighted by molar-refractivity contribution is 8.00. The molecule has 0 radical (unpaired) electrons. The Hall–Kier alpha value is -2.41. The van der Waals surface area contributed by atoms with Gasteiger partial charge in [0.05, 0.1) is 16.5 Å². The fraction of sp³-hybridized carbons (Fsp3) is 0.250. The van der Waals surface area contributed by atoms with Crippen molar-refractivity contribution in [1.82, 2.24) is 20.2 Å². The largest absolute Gasteiger partial charge is 0.324 e. The minimum absolute atomic E-state index is 0.0887. The zero-order chi connectivity index (χ0) is 16.2. The Balaban J connectivity index is 1.72. The van der Waals surface area contributed by atoms with Gasteiger partial charge in [0.1, 0.15) is 5.82 Å². The molecule has 3 rings (SSSR count). The van der Waals surface area contributed by atoms with Crippen molar-refractivity contribution >= 4 is 34.3 Å². The summed E-state index contributed by atoms with van der Waals surface area (Å²) in [6, 6.07) is 9.48. The fourth-order valence-corrected chi connectivity index (χ4v) is 2.89. The van der Waals surface area contributed by atoms with Crippen LogP contribution in [0.4, 0.5) is 5.69 Å². The second-order valence-corrected chi connectivity index (χ2v) is 6.35. The molecule has 0 bridgehead atoms. The van der Waals surface area contributed by atoms with E-state index < -0.39 is 0 Å². The number of aromatic nitrogens is 4. The van der Waals surface area contributed by atoms with E-state index in [1.807, 2.05) is 44.2 Å². The number of hydrogen-bond acceptors (Lipinski definition) is 5. The van der Waals surface area contributed by atoms with Crippen LogP contribution < -0.4 is 5.32 Å². The lowest BCUT2D eigenvalue weighted by Gasteiger charge is -2.11. The number of aryl methyl sites for hydroxylation is 1.